The number of epoxide rings is 2. The van der Waals surface area contributed by atoms with Crippen molar-refractivity contribution >= 4 is 0 Å². The molecule has 2 N–H and O–H groups in total. The molecule has 0 aromatic carbocycles. The molecule has 6 heteroatoms. The summed E-state index contributed by atoms with van der Waals surface area (Å²) in [5.74, 6) is -0.563. The minimum absolute atomic E-state index is 0.00443. The Morgan fingerprint density at radius 2 is 1.70 bits per heavy atom. The summed E-state index contributed by atoms with van der Waals surface area (Å²) in [5, 5.41) is 20.9. The lowest BCUT2D eigenvalue weighted by Gasteiger charge is -2.39. The average molecular weight is 385 g/mol. The maximum Gasteiger partial charge on any atom is 0.167 e. The zero-order chi connectivity index (χ0) is 19.7. The Kier molecular flexibility index (Phi) is 4.55. The molecule has 2 aliphatic carbocycles. The maximum absolute atomic E-state index is 10.9. The van der Waals surface area contributed by atoms with Crippen LogP contribution in [0.4, 0.5) is 0 Å². The van der Waals surface area contributed by atoms with Crippen LogP contribution in [0.1, 0.15) is 65.7 Å². The number of hydrogen-bond acceptors (Lipinski definition) is 6. The van der Waals surface area contributed by atoms with Gasteiger partial charge in [0.05, 0.1) is 24.4 Å². The van der Waals surface area contributed by atoms with E-state index >= 15 is 0 Å². The van der Waals surface area contributed by atoms with Gasteiger partial charge in [-0.2, -0.15) is 0 Å². The van der Waals surface area contributed by atoms with Gasteiger partial charge in [-0.15, -0.1) is 0 Å². The van der Waals surface area contributed by atoms with Crippen molar-refractivity contribution in [1.29, 1.82) is 0 Å². The molecule has 4 fully saturated rings. The van der Waals surface area contributed by atoms with E-state index in [4.69, 9.17) is 18.9 Å². The van der Waals surface area contributed by atoms with Gasteiger partial charge in [0.2, 0.25) is 0 Å². The van der Waals surface area contributed by atoms with Crippen molar-refractivity contribution in [3.63, 3.8) is 0 Å². The summed E-state index contributed by atoms with van der Waals surface area (Å²) in [6, 6.07) is 0. The number of methoxy groups -OCH3 is 2. The number of rotatable bonds is 4. The quantitative estimate of drug-likeness (QED) is 0.572. The van der Waals surface area contributed by atoms with Crippen molar-refractivity contribution in [3.8, 4) is 0 Å². The zero-order valence-electron chi connectivity index (χ0n) is 17.4. The third kappa shape index (κ3) is 2.82. The van der Waals surface area contributed by atoms with Crippen molar-refractivity contribution in [3.05, 3.63) is 0 Å². The number of fused-ring (bicyclic) bond motifs is 1. The normalized spacial score (nSPS) is 48.8. The second-order valence-corrected chi connectivity index (χ2v) is 10.1. The standard InChI is InChI=1S/C21H36O6/c1-17(2,23)14-6-8-18(3)10-11-20(24-4,25-5)9-7-15-19(13-22,26-15)12-16-21(14,18)27-16/h14-16,22-23H,6-13H2,1-5H3/t14-,15-,16+,18-,19-,21+/m0/s1. The molecule has 2 aliphatic heterocycles. The second kappa shape index (κ2) is 6.13. The highest BCUT2D eigenvalue weighted by Gasteiger charge is 2.77. The van der Waals surface area contributed by atoms with Crippen molar-refractivity contribution in [2.75, 3.05) is 20.8 Å². The topological polar surface area (TPSA) is 84.0 Å². The SMILES string of the molecule is COC1(OC)CC[C@@H]2O[C@]2(CO)C[C@H]2O[C@]23[C@H](C(C)(C)O)CC[C@@]3(C)CC1. The first-order chi connectivity index (χ1) is 12.6. The highest BCUT2D eigenvalue weighted by atomic mass is 16.7. The van der Waals surface area contributed by atoms with E-state index < -0.39 is 17.0 Å². The van der Waals surface area contributed by atoms with Gasteiger partial charge < -0.3 is 29.2 Å². The first-order valence-corrected chi connectivity index (χ1v) is 10.4. The van der Waals surface area contributed by atoms with Crippen LogP contribution in [0.3, 0.4) is 0 Å². The monoisotopic (exact) mass is 384 g/mol. The molecule has 0 aromatic heterocycles. The molecule has 0 bridgehead atoms. The molecule has 0 aromatic rings. The van der Waals surface area contributed by atoms with Gasteiger partial charge in [0.1, 0.15) is 11.2 Å². The van der Waals surface area contributed by atoms with Crippen LogP contribution in [-0.2, 0) is 18.9 Å². The zero-order valence-corrected chi connectivity index (χ0v) is 17.4. The molecule has 0 unspecified atom stereocenters. The molecular formula is C21H36O6. The molecule has 27 heavy (non-hydrogen) atoms. The van der Waals surface area contributed by atoms with Gasteiger partial charge in [-0.25, -0.2) is 0 Å². The van der Waals surface area contributed by atoms with Gasteiger partial charge in [-0.3, -0.25) is 0 Å². The summed E-state index contributed by atoms with van der Waals surface area (Å²) in [6.45, 7) is 6.09. The molecule has 2 saturated carbocycles. The maximum atomic E-state index is 10.9. The summed E-state index contributed by atoms with van der Waals surface area (Å²) in [6.07, 6.45) is 5.95. The third-order valence-corrected chi connectivity index (χ3v) is 8.35. The van der Waals surface area contributed by atoms with Crippen LogP contribution in [-0.4, -0.2) is 65.8 Å². The fourth-order valence-electron chi connectivity index (χ4n) is 6.43. The smallest absolute Gasteiger partial charge is 0.167 e. The molecular weight excluding hydrogens is 348 g/mol. The Labute approximate surface area is 162 Å². The van der Waals surface area contributed by atoms with Crippen molar-refractivity contribution in [2.45, 2.75) is 101 Å². The molecule has 4 rings (SSSR count). The first-order valence-electron chi connectivity index (χ1n) is 10.4. The summed E-state index contributed by atoms with van der Waals surface area (Å²) in [4.78, 5) is 0. The molecule has 2 heterocycles. The molecule has 1 spiro atoms. The lowest BCUT2D eigenvalue weighted by molar-refractivity contribution is -0.220. The summed E-state index contributed by atoms with van der Waals surface area (Å²) in [7, 11) is 3.41. The number of ether oxygens (including phenoxy) is 4. The molecule has 6 nitrogen and oxygen atoms in total. The first kappa shape index (κ1) is 20.0. The van der Waals surface area contributed by atoms with E-state index in [9.17, 15) is 10.2 Å². The van der Waals surface area contributed by atoms with Crippen LogP contribution in [0.2, 0.25) is 0 Å². The van der Waals surface area contributed by atoms with Gasteiger partial charge in [0, 0.05) is 39.4 Å². The van der Waals surface area contributed by atoms with Crippen LogP contribution in [0.25, 0.3) is 0 Å². The van der Waals surface area contributed by atoms with Crippen LogP contribution >= 0.6 is 0 Å². The highest BCUT2D eigenvalue weighted by Crippen LogP contribution is 2.70. The Hall–Kier alpha value is -0.240. The van der Waals surface area contributed by atoms with Crippen LogP contribution in [0, 0.1) is 11.3 Å². The van der Waals surface area contributed by atoms with E-state index in [2.05, 4.69) is 6.92 Å². The van der Waals surface area contributed by atoms with E-state index in [1.165, 1.54) is 0 Å². The van der Waals surface area contributed by atoms with E-state index in [1.54, 1.807) is 14.2 Å². The number of aliphatic hydroxyl groups is 2. The van der Waals surface area contributed by atoms with Crippen LogP contribution in [0.5, 0.6) is 0 Å². The predicted molar refractivity (Wildman–Crippen MR) is 99.3 cm³/mol. The molecule has 0 amide bonds. The summed E-state index contributed by atoms with van der Waals surface area (Å²) in [5.41, 5.74) is -1.74. The minimum atomic E-state index is -0.803. The number of hydrogen-bond donors (Lipinski definition) is 2. The van der Waals surface area contributed by atoms with E-state index in [1.807, 2.05) is 13.8 Å². The molecule has 0 radical (unpaired) electrons. The van der Waals surface area contributed by atoms with Crippen LogP contribution < -0.4 is 0 Å². The van der Waals surface area contributed by atoms with Gasteiger partial charge in [0.15, 0.2) is 5.79 Å². The summed E-state index contributed by atoms with van der Waals surface area (Å²) >= 11 is 0. The lowest BCUT2D eigenvalue weighted by atomic mass is 9.67. The fourth-order valence-corrected chi connectivity index (χ4v) is 6.43. The summed E-state index contributed by atoms with van der Waals surface area (Å²) < 4.78 is 24.1. The fraction of sp³-hybridized carbons (Fsp3) is 1.00. The van der Waals surface area contributed by atoms with Crippen molar-refractivity contribution in [1.82, 2.24) is 0 Å². The Balaban J connectivity index is 1.70. The predicted octanol–water partition coefficient (Wildman–Crippen LogP) is 2.39. The lowest BCUT2D eigenvalue weighted by Crippen LogP contribution is -2.47. The largest absolute Gasteiger partial charge is 0.393 e. The van der Waals surface area contributed by atoms with E-state index in [-0.39, 0.29) is 35.7 Å². The molecule has 4 aliphatic rings. The van der Waals surface area contributed by atoms with Gasteiger partial charge in [-0.1, -0.05) is 6.92 Å². The molecule has 6 atom stereocenters. The van der Waals surface area contributed by atoms with E-state index in [0.717, 1.165) is 38.5 Å². The van der Waals surface area contributed by atoms with Crippen LogP contribution in [0.15, 0.2) is 0 Å². The van der Waals surface area contributed by atoms with Gasteiger partial charge >= 0.3 is 0 Å². The molecule has 2 saturated heterocycles. The highest BCUT2D eigenvalue weighted by molar-refractivity contribution is 5.25. The van der Waals surface area contributed by atoms with Gasteiger partial charge in [0.25, 0.3) is 0 Å². The Bertz CT molecular complexity index is 584. The average Bonchev–Trinajstić information content (AvgIpc) is 3.48. The van der Waals surface area contributed by atoms with Crippen molar-refractivity contribution in [2.24, 2.45) is 11.3 Å². The van der Waals surface area contributed by atoms with Crippen molar-refractivity contribution < 1.29 is 29.2 Å². The Morgan fingerprint density at radius 1 is 1.00 bits per heavy atom. The third-order valence-electron chi connectivity index (χ3n) is 8.35. The number of aliphatic hydroxyl groups excluding tert-OH is 1. The van der Waals surface area contributed by atoms with E-state index in [0.29, 0.717) is 6.42 Å². The minimum Gasteiger partial charge on any atom is -0.393 e. The molecule has 156 valence electrons. The van der Waals surface area contributed by atoms with Gasteiger partial charge in [-0.05, 0) is 44.9 Å². The second-order valence-electron chi connectivity index (χ2n) is 10.1. The Morgan fingerprint density at radius 3 is 2.30 bits per heavy atom.